The number of fused-ring (bicyclic) bond motifs is 1. The zero-order valence-electron chi connectivity index (χ0n) is 19.7. The number of hydrogen-bond donors (Lipinski definition) is 1. The lowest BCUT2D eigenvalue weighted by Crippen LogP contribution is -2.22. The molecule has 6 heteroatoms. The molecule has 0 fully saturated rings. The normalized spacial score (nSPS) is 10.9. The van der Waals surface area contributed by atoms with Crippen molar-refractivity contribution in [3.05, 3.63) is 84.4 Å². The van der Waals surface area contributed by atoms with Gasteiger partial charge in [0.2, 0.25) is 5.91 Å². The van der Waals surface area contributed by atoms with Crippen molar-refractivity contribution in [2.75, 3.05) is 17.3 Å². The second-order valence-corrected chi connectivity index (χ2v) is 8.31. The minimum Gasteiger partial charge on any atom is -0.490 e. The van der Waals surface area contributed by atoms with Crippen LogP contribution >= 0.6 is 0 Å². The van der Waals surface area contributed by atoms with Crippen LogP contribution < -0.4 is 15.0 Å². The second-order valence-electron chi connectivity index (χ2n) is 8.31. The minimum atomic E-state index is -0.241. The van der Waals surface area contributed by atoms with Crippen LogP contribution in [0.1, 0.15) is 31.1 Å². The fourth-order valence-electron chi connectivity index (χ4n) is 3.68. The third-order valence-electron chi connectivity index (χ3n) is 5.47. The minimum absolute atomic E-state index is 0.00870. The van der Waals surface area contributed by atoms with Gasteiger partial charge >= 0.3 is 0 Å². The molecule has 0 spiro atoms. The van der Waals surface area contributed by atoms with Crippen LogP contribution in [0.2, 0.25) is 0 Å². The Morgan fingerprint density at radius 3 is 2.32 bits per heavy atom. The third-order valence-corrected chi connectivity index (χ3v) is 5.47. The second kappa shape index (κ2) is 9.75. The van der Waals surface area contributed by atoms with E-state index < -0.39 is 0 Å². The Morgan fingerprint density at radius 2 is 1.62 bits per heavy atom. The van der Waals surface area contributed by atoms with Crippen molar-refractivity contribution in [3.63, 3.8) is 0 Å². The van der Waals surface area contributed by atoms with Gasteiger partial charge in [-0.15, -0.1) is 0 Å². The van der Waals surface area contributed by atoms with E-state index >= 15 is 0 Å². The first-order chi connectivity index (χ1) is 16.3. The number of para-hydroxylation sites is 2. The van der Waals surface area contributed by atoms with Gasteiger partial charge in [0.05, 0.1) is 22.9 Å². The Morgan fingerprint density at radius 1 is 0.941 bits per heavy atom. The Kier molecular flexibility index (Phi) is 6.59. The highest BCUT2D eigenvalue weighted by atomic mass is 16.5. The SMILES string of the molecule is CC(=O)N(C)c1ccc(NC(=O)c2cc(-c3ccccc3OC(C)C)nc3ccccc23)cc1. The number of pyridine rings is 1. The molecular formula is C28H27N3O3. The molecule has 0 bridgehead atoms. The Hall–Kier alpha value is -4.19. The highest BCUT2D eigenvalue weighted by Gasteiger charge is 2.17. The van der Waals surface area contributed by atoms with Crippen LogP contribution in [0, 0.1) is 0 Å². The summed E-state index contributed by atoms with van der Waals surface area (Å²) in [5, 5.41) is 3.73. The molecule has 3 aromatic carbocycles. The average Bonchev–Trinajstić information content (AvgIpc) is 2.83. The maximum absolute atomic E-state index is 13.4. The molecule has 0 unspecified atom stereocenters. The fourth-order valence-corrected chi connectivity index (χ4v) is 3.68. The van der Waals surface area contributed by atoms with Crippen LogP contribution in [0.3, 0.4) is 0 Å². The number of anilines is 2. The molecule has 172 valence electrons. The van der Waals surface area contributed by atoms with E-state index in [-0.39, 0.29) is 17.9 Å². The number of amides is 2. The topological polar surface area (TPSA) is 71.5 Å². The number of carbonyl (C=O) groups is 2. The standard InChI is InChI=1S/C28H27N3O3/c1-18(2)34-27-12-8-6-10-23(27)26-17-24(22-9-5-7-11-25(22)30-26)28(33)29-20-13-15-21(16-14-20)31(4)19(3)32/h5-18H,1-4H3,(H,29,33). The molecule has 6 nitrogen and oxygen atoms in total. The molecule has 4 rings (SSSR count). The van der Waals surface area contributed by atoms with Crippen LogP contribution in [0.4, 0.5) is 11.4 Å². The maximum Gasteiger partial charge on any atom is 0.256 e. The summed E-state index contributed by atoms with van der Waals surface area (Å²) in [7, 11) is 1.71. The molecule has 0 aliphatic rings. The van der Waals surface area contributed by atoms with Crippen LogP contribution in [0.25, 0.3) is 22.2 Å². The molecule has 0 saturated carbocycles. The van der Waals surface area contributed by atoms with Crippen molar-refractivity contribution >= 4 is 34.1 Å². The summed E-state index contributed by atoms with van der Waals surface area (Å²) in [6.45, 7) is 5.46. The first kappa shape index (κ1) is 23.0. The number of aromatic nitrogens is 1. The lowest BCUT2D eigenvalue weighted by Gasteiger charge is -2.16. The van der Waals surface area contributed by atoms with Gasteiger partial charge in [-0.1, -0.05) is 30.3 Å². The van der Waals surface area contributed by atoms with E-state index in [2.05, 4.69) is 5.32 Å². The van der Waals surface area contributed by atoms with Crippen LogP contribution in [-0.2, 0) is 4.79 Å². The smallest absolute Gasteiger partial charge is 0.256 e. The lowest BCUT2D eigenvalue weighted by atomic mass is 10.0. The number of hydrogen-bond acceptors (Lipinski definition) is 4. The number of rotatable bonds is 6. The van der Waals surface area contributed by atoms with Gasteiger partial charge in [0.1, 0.15) is 5.75 Å². The molecule has 34 heavy (non-hydrogen) atoms. The first-order valence-corrected chi connectivity index (χ1v) is 11.1. The Bertz CT molecular complexity index is 1350. The zero-order chi connectivity index (χ0) is 24.2. The first-order valence-electron chi connectivity index (χ1n) is 11.1. The molecule has 0 aliphatic heterocycles. The summed E-state index contributed by atoms with van der Waals surface area (Å²) in [5.41, 5.74) is 4.12. The summed E-state index contributed by atoms with van der Waals surface area (Å²) in [6, 6.07) is 24.2. The number of ether oxygens (including phenoxy) is 1. The monoisotopic (exact) mass is 453 g/mol. The van der Waals surface area contributed by atoms with Crippen LogP contribution in [0.5, 0.6) is 5.75 Å². The Labute approximate surface area is 199 Å². The summed E-state index contributed by atoms with van der Waals surface area (Å²) < 4.78 is 5.99. The van der Waals surface area contributed by atoms with Gasteiger partial charge in [-0.3, -0.25) is 9.59 Å². The largest absolute Gasteiger partial charge is 0.490 e. The van der Waals surface area contributed by atoms with Gasteiger partial charge < -0.3 is 15.0 Å². The van der Waals surface area contributed by atoms with Crippen LogP contribution in [0.15, 0.2) is 78.9 Å². The van der Waals surface area contributed by atoms with Crippen molar-refractivity contribution in [1.29, 1.82) is 0 Å². The van der Waals surface area contributed by atoms with E-state index in [1.54, 1.807) is 42.3 Å². The molecular weight excluding hydrogens is 426 g/mol. The Balaban J connectivity index is 1.72. The van der Waals surface area contributed by atoms with Crippen molar-refractivity contribution in [2.45, 2.75) is 26.9 Å². The van der Waals surface area contributed by atoms with E-state index in [9.17, 15) is 9.59 Å². The fraction of sp³-hybridized carbons (Fsp3) is 0.179. The molecule has 1 heterocycles. The highest BCUT2D eigenvalue weighted by Crippen LogP contribution is 2.32. The zero-order valence-corrected chi connectivity index (χ0v) is 19.7. The molecule has 2 amide bonds. The maximum atomic E-state index is 13.4. The lowest BCUT2D eigenvalue weighted by molar-refractivity contribution is -0.116. The molecule has 1 aromatic heterocycles. The van der Waals surface area contributed by atoms with E-state index in [1.807, 2.05) is 62.4 Å². The highest BCUT2D eigenvalue weighted by molar-refractivity contribution is 6.13. The van der Waals surface area contributed by atoms with Crippen molar-refractivity contribution < 1.29 is 14.3 Å². The summed E-state index contributed by atoms with van der Waals surface area (Å²) >= 11 is 0. The van der Waals surface area contributed by atoms with E-state index in [1.165, 1.54) is 6.92 Å². The molecule has 0 aliphatic carbocycles. The molecule has 0 atom stereocenters. The van der Waals surface area contributed by atoms with Gasteiger partial charge in [-0.25, -0.2) is 4.98 Å². The molecule has 0 radical (unpaired) electrons. The van der Waals surface area contributed by atoms with Gasteiger partial charge in [0, 0.05) is 36.3 Å². The van der Waals surface area contributed by atoms with E-state index in [4.69, 9.17) is 9.72 Å². The number of benzene rings is 3. The molecule has 0 saturated heterocycles. The molecule has 4 aromatic rings. The van der Waals surface area contributed by atoms with Crippen molar-refractivity contribution in [1.82, 2.24) is 4.98 Å². The van der Waals surface area contributed by atoms with Gasteiger partial charge in [0.25, 0.3) is 5.91 Å². The summed E-state index contributed by atoms with van der Waals surface area (Å²) in [4.78, 5) is 31.3. The van der Waals surface area contributed by atoms with Gasteiger partial charge in [-0.05, 0) is 62.4 Å². The van der Waals surface area contributed by atoms with Crippen LogP contribution in [-0.4, -0.2) is 29.9 Å². The van der Waals surface area contributed by atoms with E-state index in [0.717, 1.165) is 27.9 Å². The average molecular weight is 454 g/mol. The predicted molar refractivity (Wildman–Crippen MR) is 136 cm³/mol. The quantitative estimate of drug-likeness (QED) is 0.393. The predicted octanol–water partition coefficient (Wildman–Crippen LogP) is 5.92. The number of nitrogens with one attached hydrogen (secondary N) is 1. The molecule has 1 N–H and O–H groups in total. The van der Waals surface area contributed by atoms with Gasteiger partial charge in [-0.2, -0.15) is 0 Å². The summed E-state index contributed by atoms with van der Waals surface area (Å²) in [6.07, 6.45) is 0.00870. The third kappa shape index (κ3) is 4.91. The van der Waals surface area contributed by atoms with E-state index in [0.29, 0.717) is 16.9 Å². The van der Waals surface area contributed by atoms with Crippen molar-refractivity contribution in [3.8, 4) is 17.0 Å². The van der Waals surface area contributed by atoms with Gasteiger partial charge in [0.15, 0.2) is 0 Å². The summed E-state index contributed by atoms with van der Waals surface area (Å²) in [5.74, 6) is 0.417. The van der Waals surface area contributed by atoms with Crippen molar-refractivity contribution in [2.24, 2.45) is 0 Å². The number of carbonyl (C=O) groups excluding carboxylic acids is 2. The number of nitrogens with zero attached hydrogens (tertiary/aromatic N) is 2.